The summed E-state index contributed by atoms with van der Waals surface area (Å²) in [5.41, 5.74) is 2.24. The predicted molar refractivity (Wildman–Crippen MR) is 65.7 cm³/mol. The highest BCUT2D eigenvalue weighted by molar-refractivity contribution is 5.71. The molecule has 0 atom stereocenters. The SMILES string of the molecule is COc1ccc(C2=CCCCCC2)c(O)c1. The summed E-state index contributed by atoms with van der Waals surface area (Å²) < 4.78 is 5.08. The molecule has 0 heterocycles. The fraction of sp³-hybridized carbons (Fsp3) is 0.429. The van der Waals surface area contributed by atoms with E-state index in [-0.39, 0.29) is 0 Å². The Bertz CT molecular complexity index is 394. The van der Waals surface area contributed by atoms with Gasteiger partial charge in [-0.25, -0.2) is 0 Å². The Hall–Kier alpha value is -1.44. The van der Waals surface area contributed by atoms with E-state index in [4.69, 9.17) is 4.74 Å². The summed E-state index contributed by atoms with van der Waals surface area (Å²) in [6, 6.07) is 5.53. The maximum Gasteiger partial charge on any atom is 0.126 e. The molecule has 1 aliphatic carbocycles. The fourth-order valence-corrected chi connectivity index (χ4v) is 2.17. The molecule has 0 fully saturated rings. The minimum atomic E-state index is 0.326. The van der Waals surface area contributed by atoms with E-state index in [1.807, 2.05) is 12.1 Å². The first-order valence-electron chi connectivity index (χ1n) is 5.87. The number of hydrogen-bond acceptors (Lipinski definition) is 2. The standard InChI is InChI=1S/C14H18O2/c1-16-12-8-9-13(14(15)10-12)11-6-4-2-3-5-7-11/h6,8-10,15H,2-5,7H2,1H3. The first-order valence-corrected chi connectivity index (χ1v) is 5.87. The molecule has 0 unspecified atom stereocenters. The maximum atomic E-state index is 9.95. The average Bonchev–Trinajstić information content (AvgIpc) is 2.57. The lowest BCUT2D eigenvalue weighted by atomic mass is 10.0. The lowest BCUT2D eigenvalue weighted by Crippen LogP contribution is -1.88. The molecule has 2 nitrogen and oxygen atoms in total. The summed E-state index contributed by atoms with van der Waals surface area (Å²) in [6.07, 6.45) is 8.23. The van der Waals surface area contributed by atoms with Crippen LogP contribution in [0.2, 0.25) is 0 Å². The molecule has 1 aromatic carbocycles. The monoisotopic (exact) mass is 218 g/mol. The van der Waals surface area contributed by atoms with E-state index in [1.54, 1.807) is 13.2 Å². The second-order valence-electron chi connectivity index (χ2n) is 4.21. The third kappa shape index (κ3) is 2.38. The number of benzene rings is 1. The Kier molecular flexibility index (Phi) is 3.50. The molecule has 2 heteroatoms. The van der Waals surface area contributed by atoms with Gasteiger partial charge in [-0.15, -0.1) is 0 Å². The molecule has 16 heavy (non-hydrogen) atoms. The number of phenols is 1. The van der Waals surface area contributed by atoms with Crippen molar-refractivity contribution in [2.75, 3.05) is 7.11 Å². The van der Waals surface area contributed by atoms with Crippen molar-refractivity contribution in [1.82, 2.24) is 0 Å². The lowest BCUT2D eigenvalue weighted by Gasteiger charge is -2.09. The van der Waals surface area contributed by atoms with Gasteiger partial charge in [0.2, 0.25) is 0 Å². The Balaban J connectivity index is 2.28. The number of hydrogen-bond donors (Lipinski definition) is 1. The van der Waals surface area contributed by atoms with Crippen LogP contribution in [0.1, 0.15) is 37.7 Å². The third-order valence-electron chi connectivity index (χ3n) is 3.09. The van der Waals surface area contributed by atoms with Crippen LogP contribution < -0.4 is 4.74 Å². The van der Waals surface area contributed by atoms with Crippen LogP contribution in [0.4, 0.5) is 0 Å². The molecular weight excluding hydrogens is 200 g/mol. The number of ether oxygens (including phenoxy) is 1. The van der Waals surface area contributed by atoms with E-state index in [2.05, 4.69) is 6.08 Å². The molecule has 0 bridgehead atoms. The van der Waals surface area contributed by atoms with Crippen molar-refractivity contribution in [3.8, 4) is 11.5 Å². The third-order valence-corrected chi connectivity index (χ3v) is 3.09. The van der Waals surface area contributed by atoms with Gasteiger partial charge in [-0.05, 0) is 43.4 Å². The van der Waals surface area contributed by atoms with Gasteiger partial charge in [0.1, 0.15) is 11.5 Å². The predicted octanol–water partition coefficient (Wildman–Crippen LogP) is 3.75. The van der Waals surface area contributed by atoms with Crippen molar-refractivity contribution in [3.05, 3.63) is 29.8 Å². The average molecular weight is 218 g/mol. The summed E-state index contributed by atoms with van der Waals surface area (Å²) >= 11 is 0. The van der Waals surface area contributed by atoms with Crippen molar-refractivity contribution in [2.24, 2.45) is 0 Å². The van der Waals surface area contributed by atoms with Crippen molar-refractivity contribution >= 4 is 5.57 Å². The van der Waals surface area contributed by atoms with E-state index in [9.17, 15) is 5.11 Å². The van der Waals surface area contributed by atoms with Crippen LogP contribution in [0.3, 0.4) is 0 Å². The van der Waals surface area contributed by atoms with Crippen molar-refractivity contribution in [3.63, 3.8) is 0 Å². The largest absolute Gasteiger partial charge is 0.507 e. The van der Waals surface area contributed by atoms with Gasteiger partial charge in [0.15, 0.2) is 0 Å². The molecule has 0 aromatic heterocycles. The van der Waals surface area contributed by atoms with Crippen LogP contribution >= 0.6 is 0 Å². The van der Waals surface area contributed by atoms with Crippen molar-refractivity contribution < 1.29 is 9.84 Å². The zero-order chi connectivity index (χ0) is 11.4. The molecule has 0 saturated carbocycles. The molecule has 0 spiro atoms. The highest BCUT2D eigenvalue weighted by Gasteiger charge is 2.10. The van der Waals surface area contributed by atoms with Crippen LogP contribution in [-0.4, -0.2) is 12.2 Å². The lowest BCUT2D eigenvalue weighted by molar-refractivity contribution is 0.407. The Morgan fingerprint density at radius 2 is 2.06 bits per heavy atom. The first kappa shape index (κ1) is 11.1. The van der Waals surface area contributed by atoms with E-state index in [0.717, 1.165) is 18.4 Å². The van der Waals surface area contributed by atoms with Gasteiger partial charge in [0, 0.05) is 11.6 Å². The number of phenolic OH excluding ortho intramolecular Hbond substituents is 1. The minimum absolute atomic E-state index is 0.326. The van der Waals surface area contributed by atoms with Crippen LogP contribution in [0.5, 0.6) is 11.5 Å². The van der Waals surface area contributed by atoms with E-state index >= 15 is 0 Å². The highest BCUT2D eigenvalue weighted by Crippen LogP contribution is 2.33. The highest BCUT2D eigenvalue weighted by atomic mass is 16.5. The summed E-state index contributed by atoms with van der Waals surface area (Å²) in [4.78, 5) is 0. The summed E-state index contributed by atoms with van der Waals surface area (Å²) in [5, 5.41) is 9.95. The smallest absolute Gasteiger partial charge is 0.126 e. The Labute approximate surface area is 96.6 Å². The number of methoxy groups -OCH3 is 1. The minimum Gasteiger partial charge on any atom is -0.507 e. The van der Waals surface area contributed by atoms with Gasteiger partial charge in [-0.1, -0.05) is 12.5 Å². The maximum absolute atomic E-state index is 9.95. The topological polar surface area (TPSA) is 29.5 Å². The zero-order valence-electron chi connectivity index (χ0n) is 9.70. The van der Waals surface area contributed by atoms with Gasteiger partial charge < -0.3 is 9.84 Å². The fourth-order valence-electron chi connectivity index (χ4n) is 2.17. The molecule has 0 aliphatic heterocycles. The number of allylic oxidation sites excluding steroid dienone is 2. The quantitative estimate of drug-likeness (QED) is 0.819. The summed E-state index contributed by atoms with van der Waals surface area (Å²) in [5.74, 6) is 1.03. The normalized spacial score (nSPS) is 16.4. The van der Waals surface area contributed by atoms with Gasteiger partial charge in [-0.3, -0.25) is 0 Å². The van der Waals surface area contributed by atoms with Gasteiger partial charge in [-0.2, -0.15) is 0 Å². The Morgan fingerprint density at radius 1 is 1.19 bits per heavy atom. The molecular formula is C14H18O2. The van der Waals surface area contributed by atoms with E-state index < -0.39 is 0 Å². The van der Waals surface area contributed by atoms with Crippen molar-refractivity contribution in [2.45, 2.75) is 32.1 Å². The first-order chi connectivity index (χ1) is 7.81. The number of aromatic hydroxyl groups is 1. The van der Waals surface area contributed by atoms with Gasteiger partial charge >= 0.3 is 0 Å². The molecule has 2 rings (SSSR count). The second-order valence-corrected chi connectivity index (χ2v) is 4.21. The van der Waals surface area contributed by atoms with Gasteiger partial charge in [0.05, 0.1) is 7.11 Å². The molecule has 1 N–H and O–H groups in total. The van der Waals surface area contributed by atoms with E-state index in [1.165, 1.54) is 24.8 Å². The summed E-state index contributed by atoms with van der Waals surface area (Å²) in [6.45, 7) is 0. The van der Waals surface area contributed by atoms with Crippen LogP contribution in [-0.2, 0) is 0 Å². The molecule has 1 aliphatic rings. The molecule has 0 amide bonds. The van der Waals surface area contributed by atoms with Crippen LogP contribution in [0.25, 0.3) is 5.57 Å². The Morgan fingerprint density at radius 3 is 2.81 bits per heavy atom. The molecule has 86 valence electrons. The second kappa shape index (κ2) is 5.06. The van der Waals surface area contributed by atoms with Crippen molar-refractivity contribution in [1.29, 1.82) is 0 Å². The summed E-state index contributed by atoms with van der Waals surface area (Å²) in [7, 11) is 1.61. The molecule has 1 aromatic rings. The molecule has 0 radical (unpaired) electrons. The number of rotatable bonds is 2. The van der Waals surface area contributed by atoms with Crippen LogP contribution in [0.15, 0.2) is 24.3 Å². The van der Waals surface area contributed by atoms with Crippen LogP contribution in [0, 0.1) is 0 Å². The zero-order valence-corrected chi connectivity index (χ0v) is 9.70. The van der Waals surface area contributed by atoms with Gasteiger partial charge in [0.25, 0.3) is 0 Å². The molecule has 0 saturated heterocycles. The van der Waals surface area contributed by atoms with E-state index in [0.29, 0.717) is 11.5 Å².